The maximum absolute atomic E-state index is 6.00. The third kappa shape index (κ3) is 3.37. The van der Waals surface area contributed by atoms with Gasteiger partial charge in [0.05, 0.1) is 6.10 Å². The third-order valence-corrected chi connectivity index (χ3v) is 5.85. The molecule has 2 heterocycles. The Hall–Kier alpha value is -0.120. The summed E-state index contributed by atoms with van der Waals surface area (Å²) in [4.78, 5) is 2.75. The van der Waals surface area contributed by atoms with Crippen molar-refractivity contribution in [2.45, 2.75) is 83.4 Å². The highest BCUT2D eigenvalue weighted by atomic mass is 16.5. The van der Waals surface area contributed by atoms with Crippen molar-refractivity contribution >= 4 is 0 Å². The molecule has 0 bridgehead atoms. The third-order valence-electron chi connectivity index (χ3n) is 5.85. The van der Waals surface area contributed by atoms with Crippen LogP contribution in [0, 0.1) is 0 Å². The van der Waals surface area contributed by atoms with Gasteiger partial charge in [-0.2, -0.15) is 0 Å². The second-order valence-electron chi connectivity index (χ2n) is 7.07. The van der Waals surface area contributed by atoms with E-state index in [2.05, 4.69) is 37.9 Å². The summed E-state index contributed by atoms with van der Waals surface area (Å²) in [6, 6.07) is 0. The van der Waals surface area contributed by atoms with Gasteiger partial charge in [-0.25, -0.2) is 0 Å². The number of piperazine rings is 1. The quantitative estimate of drug-likeness (QED) is 0.838. The lowest BCUT2D eigenvalue weighted by Gasteiger charge is -2.54. The maximum atomic E-state index is 6.00. The molecule has 0 aromatic carbocycles. The zero-order valence-corrected chi connectivity index (χ0v) is 14.0. The first kappa shape index (κ1) is 16.3. The van der Waals surface area contributed by atoms with Crippen LogP contribution >= 0.6 is 0 Å². The molecule has 1 N–H and O–H groups in total. The molecule has 0 radical (unpaired) electrons. The summed E-state index contributed by atoms with van der Waals surface area (Å²) in [5.74, 6) is 0. The lowest BCUT2D eigenvalue weighted by molar-refractivity contribution is -0.0602. The fourth-order valence-electron chi connectivity index (χ4n) is 3.77. The van der Waals surface area contributed by atoms with E-state index in [4.69, 9.17) is 4.74 Å². The molecule has 2 rings (SSSR count). The summed E-state index contributed by atoms with van der Waals surface area (Å²) in [5.41, 5.74) is 0.595. The van der Waals surface area contributed by atoms with Crippen molar-refractivity contribution < 1.29 is 4.74 Å². The molecule has 0 amide bonds. The van der Waals surface area contributed by atoms with E-state index in [0.29, 0.717) is 11.6 Å². The van der Waals surface area contributed by atoms with Gasteiger partial charge in [-0.1, -0.05) is 20.8 Å². The Labute approximate surface area is 125 Å². The molecule has 2 atom stereocenters. The van der Waals surface area contributed by atoms with Crippen LogP contribution in [0.2, 0.25) is 0 Å². The lowest BCUT2D eigenvalue weighted by Crippen LogP contribution is -2.69. The van der Waals surface area contributed by atoms with Crippen LogP contribution in [-0.4, -0.2) is 48.3 Å². The molecule has 0 spiro atoms. The fourth-order valence-corrected chi connectivity index (χ4v) is 3.77. The van der Waals surface area contributed by atoms with Crippen LogP contribution in [0.3, 0.4) is 0 Å². The standard InChI is InChI=1S/C17H34N2O/c1-5-16(4)14-19(12-15-10-8-9-11-20-15)17(6-2,7-3)13-18-16/h15,18H,5-14H2,1-4H3. The van der Waals surface area contributed by atoms with Gasteiger partial charge in [-0.3, -0.25) is 4.90 Å². The minimum Gasteiger partial charge on any atom is -0.377 e. The molecule has 0 aromatic heterocycles. The number of rotatable bonds is 5. The number of ether oxygens (including phenoxy) is 1. The van der Waals surface area contributed by atoms with Gasteiger partial charge in [0.2, 0.25) is 0 Å². The van der Waals surface area contributed by atoms with Crippen molar-refractivity contribution in [2.75, 3.05) is 26.2 Å². The highest BCUT2D eigenvalue weighted by molar-refractivity contribution is 5.03. The Morgan fingerprint density at radius 1 is 1.15 bits per heavy atom. The van der Waals surface area contributed by atoms with Crippen LogP contribution < -0.4 is 5.32 Å². The fraction of sp³-hybridized carbons (Fsp3) is 1.00. The van der Waals surface area contributed by atoms with Gasteiger partial charge in [-0.15, -0.1) is 0 Å². The Morgan fingerprint density at radius 3 is 2.45 bits per heavy atom. The summed E-state index contributed by atoms with van der Waals surface area (Å²) in [5, 5.41) is 3.82. The highest BCUT2D eigenvalue weighted by Gasteiger charge is 2.43. The van der Waals surface area contributed by atoms with E-state index < -0.39 is 0 Å². The molecule has 2 fully saturated rings. The Balaban J connectivity index is 2.08. The molecule has 2 unspecified atom stereocenters. The molecule has 3 nitrogen and oxygen atoms in total. The summed E-state index contributed by atoms with van der Waals surface area (Å²) in [7, 11) is 0. The normalized spacial score (nSPS) is 35.1. The van der Waals surface area contributed by atoms with Crippen LogP contribution in [0.1, 0.15) is 66.2 Å². The first-order valence-corrected chi connectivity index (χ1v) is 8.69. The van der Waals surface area contributed by atoms with E-state index in [1.807, 2.05) is 0 Å². The predicted molar refractivity (Wildman–Crippen MR) is 85.2 cm³/mol. The summed E-state index contributed by atoms with van der Waals surface area (Å²) in [6.07, 6.45) is 7.94. The van der Waals surface area contributed by atoms with Gasteiger partial charge < -0.3 is 10.1 Å². The highest BCUT2D eigenvalue weighted by Crippen LogP contribution is 2.32. The summed E-state index contributed by atoms with van der Waals surface area (Å²) in [6.45, 7) is 13.7. The number of hydrogen-bond donors (Lipinski definition) is 1. The number of hydrogen-bond acceptors (Lipinski definition) is 3. The predicted octanol–water partition coefficient (Wildman–Crippen LogP) is 3.19. The Morgan fingerprint density at radius 2 is 1.90 bits per heavy atom. The SMILES string of the molecule is CCC1(C)CN(CC2CCCCO2)C(CC)(CC)CN1. The van der Waals surface area contributed by atoms with Crippen molar-refractivity contribution in [2.24, 2.45) is 0 Å². The Bertz CT molecular complexity index is 297. The van der Waals surface area contributed by atoms with E-state index in [1.165, 1.54) is 38.5 Å². The minimum absolute atomic E-state index is 0.266. The van der Waals surface area contributed by atoms with Gasteiger partial charge in [0.1, 0.15) is 0 Å². The smallest absolute Gasteiger partial charge is 0.0702 e. The van der Waals surface area contributed by atoms with E-state index in [9.17, 15) is 0 Å². The van der Waals surface area contributed by atoms with Gasteiger partial charge in [0, 0.05) is 37.3 Å². The van der Waals surface area contributed by atoms with Crippen LogP contribution in [0.15, 0.2) is 0 Å². The lowest BCUT2D eigenvalue weighted by atomic mass is 9.82. The topological polar surface area (TPSA) is 24.5 Å². The molecule has 2 saturated heterocycles. The van der Waals surface area contributed by atoms with Crippen LogP contribution in [-0.2, 0) is 4.74 Å². The number of nitrogens with one attached hydrogen (secondary N) is 1. The van der Waals surface area contributed by atoms with Crippen molar-refractivity contribution in [1.29, 1.82) is 0 Å². The van der Waals surface area contributed by atoms with Crippen molar-refractivity contribution in [3.8, 4) is 0 Å². The van der Waals surface area contributed by atoms with Crippen molar-refractivity contribution in [3.63, 3.8) is 0 Å². The number of nitrogens with zero attached hydrogens (tertiary/aromatic N) is 1. The van der Waals surface area contributed by atoms with Gasteiger partial charge in [0.25, 0.3) is 0 Å². The molecule has 2 aliphatic heterocycles. The van der Waals surface area contributed by atoms with Crippen LogP contribution in [0.4, 0.5) is 0 Å². The minimum atomic E-state index is 0.266. The summed E-state index contributed by atoms with van der Waals surface area (Å²) >= 11 is 0. The van der Waals surface area contributed by atoms with E-state index in [-0.39, 0.29) is 5.54 Å². The zero-order chi connectivity index (χ0) is 14.6. The molecule has 3 heteroatoms. The largest absolute Gasteiger partial charge is 0.377 e. The second kappa shape index (κ2) is 6.76. The molecule has 20 heavy (non-hydrogen) atoms. The average molecular weight is 282 g/mol. The van der Waals surface area contributed by atoms with E-state index in [1.54, 1.807) is 0 Å². The first-order valence-electron chi connectivity index (χ1n) is 8.69. The van der Waals surface area contributed by atoms with E-state index in [0.717, 1.165) is 26.2 Å². The molecule has 118 valence electrons. The first-order chi connectivity index (χ1) is 9.57. The van der Waals surface area contributed by atoms with Gasteiger partial charge >= 0.3 is 0 Å². The van der Waals surface area contributed by atoms with E-state index >= 15 is 0 Å². The molecular weight excluding hydrogens is 248 g/mol. The van der Waals surface area contributed by atoms with Crippen LogP contribution in [0.5, 0.6) is 0 Å². The van der Waals surface area contributed by atoms with Crippen LogP contribution in [0.25, 0.3) is 0 Å². The molecule has 2 aliphatic rings. The second-order valence-corrected chi connectivity index (χ2v) is 7.07. The monoisotopic (exact) mass is 282 g/mol. The Kier molecular flexibility index (Phi) is 5.49. The van der Waals surface area contributed by atoms with Gasteiger partial charge in [-0.05, 0) is 45.4 Å². The maximum Gasteiger partial charge on any atom is 0.0702 e. The summed E-state index contributed by atoms with van der Waals surface area (Å²) < 4.78 is 6.00. The molecule has 0 aromatic rings. The average Bonchev–Trinajstić information content (AvgIpc) is 2.49. The molecule has 0 saturated carbocycles. The molecular formula is C17H34N2O. The van der Waals surface area contributed by atoms with Crippen molar-refractivity contribution in [1.82, 2.24) is 10.2 Å². The van der Waals surface area contributed by atoms with Crippen molar-refractivity contribution in [3.05, 3.63) is 0 Å². The molecule has 0 aliphatic carbocycles. The zero-order valence-electron chi connectivity index (χ0n) is 14.0. The van der Waals surface area contributed by atoms with Gasteiger partial charge in [0.15, 0.2) is 0 Å².